The Morgan fingerprint density at radius 3 is 2.14 bits per heavy atom. The number of hydrogen-bond acceptors (Lipinski definition) is 1. The quantitative estimate of drug-likeness (QED) is 0.550. The van der Waals surface area contributed by atoms with Crippen molar-refractivity contribution in [2.45, 2.75) is 17.4 Å². The first-order valence-corrected chi connectivity index (χ1v) is 7.76. The molecule has 14 heavy (non-hydrogen) atoms. The second-order valence-corrected chi connectivity index (χ2v) is 7.71. The highest BCUT2D eigenvalue weighted by atomic mass is 79.9. The summed E-state index contributed by atoms with van der Waals surface area (Å²) in [6.45, 7) is 0. The molecule has 4 heteroatoms. The van der Waals surface area contributed by atoms with E-state index in [4.69, 9.17) is 4.89 Å². The van der Waals surface area contributed by atoms with Gasteiger partial charge in [0.05, 0.1) is 4.57 Å². The molecule has 2 atom stereocenters. The Morgan fingerprint density at radius 1 is 1.29 bits per heavy atom. The number of hydrogen-bond donors (Lipinski definition) is 1. The van der Waals surface area contributed by atoms with E-state index in [2.05, 4.69) is 31.9 Å². The van der Waals surface area contributed by atoms with E-state index in [1.54, 1.807) is 0 Å². The van der Waals surface area contributed by atoms with Crippen molar-refractivity contribution in [2.24, 2.45) is 0 Å². The van der Waals surface area contributed by atoms with Crippen LogP contribution in [0.25, 0.3) is 0 Å². The molecule has 1 heterocycles. The number of halogens is 2. The van der Waals surface area contributed by atoms with E-state index in [0.29, 0.717) is 4.57 Å². The first-order chi connectivity index (χ1) is 6.70. The van der Waals surface area contributed by atoms with Gasteiger partial charge in [-0.1, -0.05) is 50.1 Å². The largest absolute Gasteiger partial charge is 0.373 e. The highest BCUT2D eigenvalue weighted by molar-refractivity contribution is 9.10. The SMILES string of the molecule is Brc1ccccc1.OP1CCCC1Br. The molecule has 78 valence electrons. The minimum Gasteiger partial charge on any atom is -0.373 e. The van der Waals surface area contributed by atoms with Crippen LogP contribution in [0.1, 0.15) is 12.8 Å². The van der Waals surface area contributed by atoms with E-state index in [0.717, 1.165) is 10.6 Å². The molecule has 0 aromatic heterocycles. The van der Waals surface area contributed by atoms with Gasteiger partial charge in [-0.15, -0.1) is 0 Å². The number of benzene rings is 1. The normalized spacial score (nSPS) is 25.4. The predicted molar refractivity (Wildman–Crippen MR) is 70.1 cm³/mol. The van der Waals surface area contributed by atoms with E-state index in [-0.39, 0.29) is 0 Å². The molecule has 1 aromatic carbocycles. The molecule has 1 N–H and O–H groups in total. The molecule has 0 aliphatic carbocycles. The third kappa shape index (κ3) is 4.88. The summed E-state index contributed by atoms with van der Waals surface area (Å²) in [6.07, 6.45) is 3.42. The first-order valence-electron chi connectivity index (χ1n) is 4.50. The molecular formula is C10H13Br2OP. The fourth-order valence-corrected chi connectivity index (χ4v) is 3.64. The van der Waals surface area contributed by atoms with Gasteiger partial charge < -0.3 is 4.89 Å². The Bertz CT molecular complexity index is 248. The van der Waals surface area contributed by atoms with Gasteiger partial charge in [-0.2, -0.15) is 0 Å². The van der Waals surface area contributed by atoms with Gasteiger partial charge in [0.15, 0.2) is 0 Å². The first kappa shape index (κ1) is 12.6. The third-order valence-corrected chi connectivity index (χ3v) is 5.97. The third-order valence-electron chi connectivity index (χ3n) is 1.89. The maximum absolute atomic E-state index is 9.02. The smallest absolute Gasteiger partial charge is 0.0586 e. The van der Waals surface area contributed by atoms with Crippen LogP contribution in [0.2, 0.25) is 0 Å². The fraction of sp³-hybridized carbons (Fsp3) is 0.400. The van der Waals surface area contributed by atoms with Gasteiger partial charge in [-0.05, 0) is 31.1 Å². The average molecular weight is 340 g/mol. The van der Waals surface area contributed by atoms with Crippen molar-refractivity contribution < 1.29 is 4.89 Å². The molecule has 0 amide bonds. The van der Waals surface area contributed by atoms with Crippen LogP contribution in [0.15, 0.2) is 34.8 Å². The van der Waals surface area contributed by atoms with Crippen molar-refractivity contribution in [3.8, 4) is 0 Å². The van der Waals surface area contributed by atoms with Crippen LogP contribution >= 0.6 is 40.0 Å². The Labute approximate surface area is 103 Å². The molecule has 1 aliphatic rings. The summed E-state index contributed by atoms with van der Waals surface area (Å²) in [5.41, 5.74) is 0. The van der Waals surface area contributed by atoms with Gasteiger partial charge in [0.1, 0.15) is 0 Å². The van der Waals surface area contributed by atoms with Crippen LogP contribution in [0.5, 0.6) is 0 Å². The predicted octanol–water partition coefficient (Wildman–Crippen LogP) is 4.34. The molecule has 1 saturated heterocycles. The lowest BCUT2D eigenvalue weighted by molar-refractivity contribution is 0.629. The molecule has 1 nitrogen and oxygen atoms in total. The summed E-state index contributed by atoms with van der Waals surface area (Å²) < 4.78 is 1.58. The standard InChI is InChI=1S/C6H5Br.C4H8BrOP/c7-6-4-2-1-3-5-6;5-4-2-1-3-7(4)6/h1-5H;4,6H,1-3H2. The summed E-state index contributed by atoms with van der Waals surface area (Å²) in [5.74, 6) is 0. The van der Waals surface area contributed by atoms with E-state index in [1.165, 1.54) is 12.8 Å². The molecule has 0 saturated carbocycles. The molecule has 0 bridgehead atoms. The van der Waals surface area contributed by atoms with Gasteiger partial charge in [0.2, 0.25) is 0 Å². The fourth-order valence-electron chi connectivity index (χ4n) is 1.13. The number of alkyl halides is 1. The van der Waals surface area contributed by atoms with Gasteiger partial charge in [0, 0.05) is 12.6 Å². The van der Waals surface area contributed by atoms with E-state index >= 15 is 0 Å². The maximum atomic E-state index is 9.02. The number of rotatable bonds is 0. The Hall–Kier alpha value is 0.570. The topological polar surface area (TPSA) is 20.2 Å². The summed E-state index contributed by atoms with van der Waals surface area (Å²) in [7, 11) is -0.610. The zero-order valence-corrected chi connectivity index (χ0v) is 11.8. The van der Waals surface area contributed by atoms with Crippen molar-refractivity contribution in [1.82, 2.24) is 0 Å². The molecule has 1 aliphatic heterocycles. The van der Waals surface area contributed by atoms with Crippen LogP contribution in [0, 0.1) is 0 Å². The summed E-state index contributed by atoms with van der Waals surface area (Å²) >= 11 is 6.69. The highest BCUT2D eigenvalue weighted by Gasteiger charge is 2.21. The van der Waals surface area contributed by atoms with Crippen molar-refractivity contribution in [3.63, 3.8) is 0 Å². The second kappa shape index (κ2) is 6.95. The van der Waals surface area contributed by atoms with Crippen LogP contribution in [-0.4, -0.2) is 15.6 Å². The Kier molecular flexibility index (Phi) is 6.27. The minimum absolute atomic E-state index is 0.447. The van der Waals surface area contributed by atoms with Crippen LogP contribution in [0.4, 0.5) is 0 Å². The molecule has 1 aromatic rings. The van der Waals surface area contributed by atoms with E-state index < -0.39 is 8.15 Å². The van der Waals surface area contributed by atoms with Crippen molar-refractivity contribution in [2.75, 3.05) is 6.16 Å². The molecule has 2 rings (SSSR count). The zero-order valence-electron chi connectivity index (χ0n) is 7.74. The molecule has 2 unspecified atom stereocenters. The maximum Gasteiger partial charge on any atom is 0.0586 e. The molecule has 0 spiro atoms. The average Bonchev–Trinajstić information content (AvgIpc) is 2.53. The van der Waals surface area contributed by atoms with E-state index in [9.17, 15) is 0 Å². The summed E-state index contributed by atoms with van der Waals surface area (Å²) in [6, 6.07) is 9.97. The lowest BCUT2D eigenvalue weighted by Crippen LogP contribution is -1.81. The lowest BCUT2D eigenvalue weighted by atomic mass is 10.4. The van der Waals surface area contributed by atoms with Crippen molar-refractivity contribution >= 4 is 40.0 Å². The van der Waals surface area contributed by atoms with Crippen LogP contribution in [-0.2, 0) is 0 Å². The van der Waals surface area contributed by atoms with Crippen LogP contribution in [0.3, 0.4) is 0 Å². The monoisotopic (exact) mass is 338 g/mol. The van der Waals surface area contributed by atoms with Crippen molar-refractivity contribution in [1.29, 1.82) is 0 Å². The second-order valence-electron chi connectivity index (χ2n) is 3.04. The van der Waals surface area contributed by atoms with Crippen LogP contribution < -0.4 is 0 Å². The lowest BCUT2D eigenvalue weighted by Gasteiger charge is -2.02. The molecule has 1 fully saturated rings. The van der Waals surface area contributed by atoms with Crippen molar-refractivity contribution in [3.05, 3.63) is 34.8 Å². The zero-order chi connectivity index (χ0) is 10.4. The van der Waals surface area contributed by atoms with Gasteiger partial charge in [-0.3, -0.25) is 0 Å². The Morgan fingerprint density at radius 2 is 1.93 bits per heavy atom. The molecule has 0 radical (unpaired) electrons. The van der Waals surface area contributed by atoms with Gasteiger partial charge >= 0.3 is 0 Å². The van der Waals surface area contributed by atoms with E-state index in [1.807, 2.05) is 30.3 Å². The summed E-state index contributed by atoms with van der Waals surface area (Å²) in [5, 5.41) is 0. The molecular weight excluding hydrogens is 327 g/mol. The van der Waals surface area contributed by atoms with Gasteiger partial charge in [0.25, 0.3) is 0 Å². The van der Waals surface area contributed by atoms with Gasteiger partial charge in [-0.25, -0.2) is 0 Å². The minimum atomic E-state index is -0.610. The highest BCUT2D eigenvalue weighted by Crippen LogP contribution is 2.48. The Balaban J connectivity index is 0.000000140. The summed E-state index contributed by atoms with van der Waals surface area (Å²) in [4.78, 5) is 9.02.